The second kappa shape index (κ2) is 2.48. The van der Waals surface area contributed by atoms with Crippen molar-refractivity contribution in [3.8, 4) is 0 Å². The molecule has 2 rings (SSSR count). The summed E-state index contributed by atoms with van der Waals surface area (Å²) in [5.41, 5.74) is 0.134. The number of nitrogens with one attached hydrogen (secondary N) is 2. The minimum Gasteiger partial charge on any atom is -0.349 e. The highest BCUT2D eigenvalue weighted by Crippen LogP contribution is 2.26. The van der Waals surface area contributed by atoms with Crippen molar-refractivity contribution in [1.82, 2.24) is 10.6 Å². The van der Waals surface area contributed by atoms with E-state index in [0.717, 1.165) is 32.4 Å². The van der Waals surface area contributed by atoms with Gasteiger partial charge in [0.25, 0.3) is 0 Å². The molecule has 0 aromatic carbocycles. The molecule has 2 fully saturated rings. The minimum absolute atomic E-state index is 0.134. The summed E-state index contributed by atoms with van der Waals surface area (Å²) in [5.74, 6) is 0.230. The summed E-state index contributed by atoms with van der Waals surface area (Å²) in [5, 5.41) is 6.39. The number of amides is 1. The van der Waals surface area contributed by atoms with Crippen LogP contribution in [0.1, 0.15) is 25.7 Å². The van der Waals surface area contributed by atoms with Gasteiger partial charge in [-0.2, -0.15) is 0 Å². The van der Waals surface area contributed by atoms with Gasteiger partial charge in [0.05, 0.1) is 5.54 Å². The van der Waals surface area contributed by atoms with Crippen molar-refractivity contribution >= 4 is 5.91 Å². The SMILES string of the molecule is O=C1CC[C@]2(CCCNC2)N1. The van der Waals surface area contributed by atoms with Crippen LogP contribution in [0.25, 0.3) is 0 Å². The first kappa shape index (κ1) is 7.10. The Bertz CT molecular complexity index is 173. The molecule has 0 radical (unpaired) electrons. The normalized spacial score (nSPS) is 37.6. The topological polar surface area (TPSA) is 41.1 Å². The molecular weight excluding hydrogens is 140 g/mol. The zero-order chi connectivity index (χ0) is 7.73. The Kier molecular flexibility index (Phi) is 1.60. The molecule has 11 heavy (non-hydrogen) atoms. The Morgan fingerprint density at radius 1 is 1.36 bits per heavy atom. The summed E-state index contributed by atoms with van der Waals surface area (Å²) in [4.78, 5) is 11.0. The van der Waals surface area contributed by atoms with Gasteiger partial charge in [-0.3, -0.25) is 4.79 Å². The smallest absolute Gasteiger partial charge is 0.220 e. The van der Waals surface area contributed by atoms with E-state index < -0.39 is 0 Å². The lowest BCUT2D eigenvalue weighted by Gasteiger charge is -2.33. The molecule has 3 heteroatoms. The first-order valence-electron chi connectivity index (χ1n) is 4.33. The van der Waals surface area contributed by atoms with Gasteiger partial charge in [0.2, 0.25) is 5.91 Å². The molecule has 2 aliphatic heterocycles. The van der Waals surface area contributed by atoms with Crippen molar-refractivity contribution < 1.29 is 4.79 Å². The zero-order valence-corrected chi connectivity index (χ0v) is 6.65. The van der Waals surface area contributed by atoms with E-state index in [4.69, 9.17) is 0 Å². The molecule has 2 N–H and O–H groups in total. The first-order valence-corrected chi connectivity index (χ1v) is 4.33. The third kappa shape index (κ3) is 1.25. The molecule has 2 aliphatic rings. The van der Waals surface area contributed by atoms with E-state index in [2.05, 4.69) is 10.6 Å². The van der Waals surface area contributed by atoms with Gasteiger partial charge in [-0.05, 0) is 25.8 Å². The average molecular weight is 154 g/mol. The standard InChI is InChI=1S/C8H14N2O/c11-7-2-4-8(10-7)3-1-5-9-6-8/h9H,1-6H2,(H,10,11)/t8-/m0/s1. The van der Waals surface area contributed by atoms with Gasteiger partial charge in [0.15, 0.2) is 0 Å². The average Bonchev–Trinajstić information content (AvgIpc) is 2.34. The van der Waals surface area contributed by atoms with Crippen molar-refractivity contribution in [3.05, 3.63) is 0 Å². The molecule has 0 aromatic rings. The Labute approximate surface area is 66.5 Å². The van der Waals surface area contributed by atoms with Gasteiger partial charge in [-0.1, -0.05) is 0 Å². The number of carbonyl (C=O) groups excluding carboxylic acids is 1. The molecule has 1 atom stereocenters. The Hall–Kier alpha value is -0.570. The van der Waals surface area contributed by atoms with Gasteiger partial charge in [0, 0.05) is 13.0 Å². The largest absolute Gasteiger partial charge is 0.349 e. The maximum atomic E-state index is 11.0. The van der Waals surface area contributed by atoms with Crippen LogP contribution in [-0.2, 0) is 4.79 Å². The summed E-state index contributed by atoms with van der Waals surface area (Å²) in [6.45, 7) is 2.08. The fraction of sp³-hybridized carbons (Fsp3) is 0.875. The lowest BCUT2D eigenvalue weighted by atomic mass is 9.89. The number of rotatable bonds is 0. The van der Waals surface area contributed by atoms with Crippen LogP contribution < -0.4 is 10.6 Å². The molecule has 1 amide bonds. The van der Waals surface area contributed by atoms with E-state index in [1.807, 2.05) is 0 Å². The third-order valence-corrected chi connectivity index (χ3v) is 2.71. The Balaban J connectivity index is 2.03. The van der Waals surface area contributed by atoms with E-state index >= 15 is 0 Å². The van der Waals surface area contributed by atoms with Crippen molar-refractivity contribution in [2.75, 3.05) is 13.1 Å². The molecule has 0 unspecified atom stereocenters. The number of hydrogen-bond acceptors (Lipinski definition) is 2. The van der Waals surface area contributed by atoms with Crippen molar-refractivity contribution in [1.29, 1.82) is 0 Å². The predicted molar refractivity (Wildman–Crippen MR) is 42.2 cm³/mol. The highest BCUT2D eigenvalue weighted by atomic mass is 16.2. The Morgan fingerprint density at radius 2 is 2.27 bits per heavy atom. The molecular formula is C8H14N2O. The molecule has 0 saturated carbocycles. The summed E-state index contributed by atoms with van der Waals surface area (Å²) in [6, 6.07) is 0. The lowest BCUT2D eigenvalue weighted by molar-refractivity contribution is -0.119. The fourth-order valence-electron chi connectivity index (χ4n) is 2.06. The van der Waals surface area contributed by atoms with Gasteiger partial charge in [-0.15, -0.1) is 0 Å². The van der Waals surface area contributed by atoms with E-state index in [1.165, 1.54) is 6.42 Å². The molecule has 62 valence electrons. The van der Waals surface area contributed by atoms with Crippen LogP contribution in [0.4, 0.5) is 0 Å². The van der Waals surface area contributed by atoms with E-state index in [0.29, 0.717) is 0 Å². The van der Waals surface area contributed by atoms with E-state index in [-0.39, 0.29) is 11.4 Å². The summed E-state index contributed by atoms with van der Waals surface area (Å²) < 4.78 is 0. The first-order chi connectivity index (χ1) is 5.31. The van der Waals surface area contributed by atoms with Crippen molar-refractivity contribution in [3.63, 3.8) is 0 Å². The molecule has 0 aliphatic carbocycles. The summed E-state index contributed by atoms with van der Waals surface area (Å²) >= 11 is 0. The van der Waals surface area contributed by atoms with Crippen LogP contribution in [0.5, 0.6) is 0 Å². The van der Waals surface area contributed by atoms with Crippen molar-refractivity contribution in [2.45, 2.75) is 31.2 Å². The second-order valence-corrected chi connectivity index (χ2v) is 3.61. The maximum Gasteiger partial charge on any atom is 0.220 e. The van der Waals surface area contributed by atoms with Gasteiger partial charge in [-0.25, -0.2) is 0 Å². The second-order valence-electron chi connectivity index (χ2n) is 3.61. The molecule has 0 bridgehead atoms. The van der Waals surface area contributed by atoms with Gasteiger partial charge >= 0.3 is 0 Å². The molecule has 2 heterocycles. The third-order valence-electron chi connectivity index (χ3n) is 2.71. The van der Waals surface area contributed by atoms with Crippen LogP contribution in [0, 0.1) is 0 Å². The number of carbonyl (C=O) groups is 1. The number of hydrogen-bond donors (Lipinski definition) is 2. The molecule has 2 saturated heterocycles. The van der Waals surface area contributed by atoms with E-state index in [1.54, 1.807) is 0 Å². The van der Waals surface area contributed by atoms with Crippen LogP contribution in [0.15, 0.2) is 0 Å². The fourth-order valence-corrected chi connectivity index (χ4v) is 2.06. The Morgan fingerprint density at radius 3 is 2.82 bits per heavy atom. The van der Waals surface area contributed by atoms with Crippen LogP contribution in [0.3, 0.4) is 0 Å². The lowest BCUT2D eigenvalue weighted by Crippen LogP contribution is -2.52. The zero-order valence-electron chi connectivity index (χ0n) is 6.65. The monoisotopic (exact) mass is 154 g/mol. The summed E-state index contributed by atoms with van der Waals surface area (Å²) in [7, 11) is 0. The molecule has 0 aromatic heterocycles. The highest BCUT2D eigenvalue weighted by molar-refractivity contribution is 5.79. The van der Waals surface area contributed by atoms with Crippen molar-refractivity contribution in [2.24, 2.45) is 0 Å². The van der Waals surface area contributed by atoms with Crippen LogP contribution in [0.2, 0.25) is 0 Å². The quantitative estimate of drug-likeness (QED) is 0.516. The minimum atomic E-state index is 0.134. The van der Waals surface area contributed by atoms with Gasteiger partial charge in [0.1, 0.15) is 0 Å². The number of piperidine rings is 1. The van der Waals surface area contributed by atoms with E-state index in [9.17, 15) is 4.79 Å². The molecule has 1 spiro atoms. The van der Waals surface area contributed by atoms with Gasteiger partial charge < -0.3 is 10.6 Å². The summed E-state index contributed by atoms with van der Waals surface area (Å²) in [6.07, 6.45) is 4.10. The van der Waals surface area contributed by atoms with Crippen LogP contribution >= 0.6 is 0 Å². The van der Waals surface area contributed by atoms with Crippen LogP contribution in [-0.4, -0.2) is 24.5 Å². The highest BCUT2D eigenvalue weighted by Gasteiger charge is 2.38. The predicted octanol–water partition coefficient (Wildman–Crippen LogP) is 0.0186. The molecule has 3 nitrogen and oxygen atoms in total. The maximum absolute atomic E-state index is 11.0.